The predicted molar refractivity (Wildman–Crippen MR) is 102 cm³/mol. The second-order valence-electron chi connectivity index (χ2n) is 8.26. The lowest BCUT2D eigenvalue weighted by Gasteiger charge is -2.35. The number of rotatable bonds is 2. The van der Waals surface area contributed by atoms with Crippen molar-refractivity contribution in [2.24, 2.45) is 5.92 Å². The molecule has 2 saturated heterocycles. The highest BCUT2D eigenvalue weighted by molar-refractivity contribution is 5.81. The minimum atomic E-state index is 0.128. The zero-order valence-electron chi connectivity index (χ0n) is 15.8. The number of hydrogen-bond acceptors (Lipinski definition) is 2. The van der Waals surface area contributed by atoms with E-state index in [0.29, 0.717) is 5.91 Å². The first-order chi connectivity index (χ1) is 12.7. The Bertz CT molecular complexity index is 653. The van der Waals surface area contributed by atoms with E-state index in [4.69, 9.17) is 0 Å². The van der Waals surface area contributed by atoms with Gasteiger partial charge in [0.15, 0.2) is 0 Å². The molecule has 0 N–H and O–H groups in total. The predicted octanol–water partition coefficient (Wildman–Crippen LogP) is 3.57. The Hall–Kier alpha value is -1.84. The zero-order chi connectivity index (χ0) is 18.1. The molecule has 0 bridgehead atoms. The van der Waals surface area contributed by atoms with Crippen molar-refractivity contribution in [3.63, 3.8) is 0 Å². The van der Waals surface area contributed by atoms with Crippen LogP contribution >= 0.6 is 0 Å². The van der Waals surface area contributed by atoms with Gasteiger partial charge in [-0.25, -0.2) is 0 Å². The summed E-state index contributed by atoms with van der Waals surface area (Å²) in [5, 5.41) is 0. The average Bonchev–Trinajstić information content (AvgIpc) is 3.26. The van der Waals surface area contributed by atoms with Gasteiger partial charge < -0.3 is 9.80 Å². The van der Waals surface area contributed by atoms with Crippen LogP contribution in [-0.4, -0.2) is 46.8 Å². The minimum absolute atomic E-state index is 0.128. The summed E-state index contributed by atoms with van der Waals surface area (Å²) in [5.74, 6) is 0.937. The van der Waals surface area contributed by atoms with E-state index in [-0.39, 0.29) is 29.8 Å². The summed E-state index contributed by atoms with van der Waals surface area (Å²) >= 11 is 0. The number of amides is 2. The molecule has 0 radical (unpaired) electrons. The van der Waals surface area contributed by atoms with Crippen molar-refractivity contribution < 1.29 is 9.59 Å². The van der Waals surface area contributed by atoms with Gasteiger partial charge in [-0.05, 0) is 37.7 Å². The van der Waals surface area contributed by atoms with Crippen molar-refractivity contribution in [3.8, 4) is 0 Å². The van der Waals surface area contributed by atoms with Gasteiger partial charge in [-0.3, -0.25) is 9.59 Å². The lowest BCUT2D eigenvalue weighted by Crippen LogP contribution is -2.49. The Morgan fingerprint density at radius 1 is 0.923 bits per heavy atom. The molecule has 26 heavy (non-hydrogen) atoms. The normalized spacial score (nSPS) is 29.5. The molecule has 1 aromatic carbocycles. The van der Waals surface area contributed by atoms with Crippen LogP contribution in [0.4, 0.5) is 0 Å². The van der Waals surface area contributed by atoms with Crippen LogP contribution in [0.15, 0.2) is 30.3 Å². The molecular weight excluding hydrogens is 324 g/mol. The van der Waals surface area contributed by atoms with Crippen LogP contribution in [0, 0.1) is 5.92 Å². The van der Waals surface area contributed by atoms with Gasteiger partial charge >= 0.3 is 0 Å². The third-order valence-electron chi connectivity index (χ3n) is 6.73. The summed E-state index contributed by atoms with van der Waals surface area (Å²) in [6, 6.07) is 10.8. The van der Waals surface area contributed by atoms with Crippen LogP contribution in [0.25, 0.3) is 0 Å². The van der Waals surface area contributed by atoms with Gasteiger partial charge in [-0.1, -0.05) is 43.2 Å². The van der Waals surface area contributed by atoms with E-state index in [2.05, 4.69) is 34.1 Å². The van der Waals surface area contributed by atoms with E-state index in [1.807, 2.05) is 6.07 Å². The van der Waals surface area contributed by atoms with Crippen LogP contribution in [0.3, 0.4) is 0 Å². The molecule has 1 saturated carbocycles. The molecule has 4 heteroatoms. The van der Waals surface area contributed by atoms with Crippen LogP contribution in [0.1, 0.15) is 63.4 Å². The molecule has 1 aliphatic carbocycles. The number of benzene rings is 1. The van der Waals surface area contributed by atoms with Gasteiger partial charge in [0.05, 0.1) is 12.1 Å². The zero-order valence-corrected chi connectivity index (χ0v) is 15.8. The van der Waals surface area contributed by atoms with Gasteiger partial charge in [-0.15, -0.1) is 0 Å². The van der Waals surface area contributed by atoms with E-state index in [9.17, 15) is 9.59 Å². The number of carbonyl (C=O) groups is 2. The Labute approximate surface area is 156 Å². The number of hydrogen-bond donors (Lipinski definition) is 0. The topological polar surface area (TPSA) is 40.6 Å². The monoisotopic (exact) mass is 354 g/mol. The molecule has 4 nitrogen and oxygen atoms in total. The first-order valence-electron chi connectivity index (χ1n) is 10.3. The van der Waals surface area contributed by atoms with Crippen LogP contribution in [0.2, 0.25) is 0 Å². The SMILES string of the molecule is CC(=O)N1CCCC[C@H]2[C@@H]1[C@H](c1ccccc1)CN2C(=O)C1CCCC1. The second-order valence-corrected chi connectivity index (χ2v) is 8.26. The van der Waals surface area contributed by atoms with Gasteiger partial charge in [0.25, 0.3) is 0 Å². The summed E-state index contributed by atoms with van der Waals surface area (Å²) in [4.78, 5) is 29.9. The third-order valence-corrected chi connectivity index (χ3v) is 6.73. The standard InChI is InChI=1S/C22H30N2O2/c1-16(25)23-14-8-7-13-20-21(23)19(17-9-3-2-4-10-17)15-24(20)22(26)18-11-5-6-12-18/h2-4,9-10,18-21H,5-8,11-15H2,1H3/t19-,20-,21-/m0/s1. The first-order valence-corrected chi connectivity index (χ1v) is 10.3. The molecular formula is C22H30N2O2. The first kappa shape index (κ1) is 17.6. The van der Waals surface area contributed by atoms with Gasteiger partial charge in [0.1, 0.15) is 0 Å². The Balaban J connectivity index is 1.69. The summed E-state index contributed by atoms with van der Waals surface area (Å²) in [6.45, 7) is 3.27. The summed E-state index contributed by atoms with van der Waals surface area (Å²) in [5.41, 5.74) is 1.26. The molecule has 1 aromatic rings. The highest BCUT2D eigenvalue weighted by Crippen LogP contribution is 2.41. The van der Waals surface area contributed by atoms with Crippen molar-refractivity contribution in [1.29, 1.82) is 0 Å². The van der Waals surface area contributed by atoms with Crippen LogP contribution in [-0.2, 0) is 9.59 Å². The second kappa shape index (κ2) is 7.42. The van der Waals surface area contributed by atoms with E-state index < -0.39 is 0 Å². The number of fused-ring (bicyclic) bond motifs is 1. The number of nitrogens with zero attached hydrogens (tertiary/aromatic N) is 2. The highest BCUT2D eigenvalue weighted by atomic mass is 16.2. The molecule has 0 aromatic heterocycles. The fourth-order valence-electron chi connectivity index (χ4n) is 5.47. The van der Waals surface area contributed by atoms with E-state index in [1.54, 1.807) is 6.92 Å². The quantitative estimate of drug-likeness (QED) is 0.815. The van der Waals surface area contributed by atoms with Crippen LogP contribution < -0.4 is 0 Å². The molecule has 140 valence electrons. The largest absolute Gasteiger partial charge is 0.337 e. The average molecular weight is 354 g/mol. The number of likely N-dealkylation sites (tertiary alicyclic amines) is 2. The van der Waals surface area contributed by atoms with Gasteiger partial charge in [0, 0.05) is 31.8 Å². The molecule has 4 rings (SSSR count). The molecule has 0 spiro atoms. The van der Waals surface area contributed by atoms with Crippen molar-refractivity contribution in [2.75, 3.05) is 13.1 Å². The van der Waals surface area contributed by atoms with Crippen LogP contribution in [0.5, 0.6) is 0 Å². The molecule has 0 unspecified atom stereocenters. The van der Waals surface area contributed by atoms with Crippen molar-refractivity contribution in [3.05, 3.63) is 35.9 Å². The molecule has 2 amide bonds. The maximum absolute atomic E-state index is 13.3. The Kier molecular flexibility index (Phi) is 5.01. The van der Waals surface area contributed by atoms with E-state index in [1.165, 1.54) is 18.4 Å². The smallest absolute Gasteiger partial charge is 0.226 e. The maximum atomic E-state index is 13.3. The van der Waals surface area contributed by atoms with Crippen molar-refractivity contribution >= 4 is 11.8 Å². The Morgan fingerprint density at radius 3 is 2.31 bits per heavy atom. The minimum Gasteiger partial charge on any atom is -0.337 e. The van der Waals surface area contributed by atoms with Crippen molar-refractivity contribution in [1.82, 2.24) is 9.80 Å². The molecule has 3 aliphatic rings. The number of carbonyl (C=O) groups excluding carboxylic acids is 2. The maximum Gasteiger partial charge on any atom is 0.226 e. The van der Waals surface area contributed by atoms with Gasteiger partial charge in [-0.2, -0.15) is 0 Å². The summed E-state index contributed by atoms with van der Waals surface area (Å²) in [7, 11) is 0. The molecule has 2 heterocycles. The summed E-state index contributed by atoms with van der Waals surface area (Å²) < 4.78 is 0. The molecule has 3 atom stereocenters. The summed E-state index contributed by atoms with van der Waals surface area (Å²) in [6.07, 6.45) is 7.61. The Morgan fingerprint density at radius 2 is 1.62 bits per heavy atom. The highest BCUT2D eigenvalue weighted by Gasteiger charge is 2.49. The van der Waals surface area contributed by atoms with E-state index >= 15 is 0 Å². The van der Waals surface area contributed by atoms with Crippen molar-refractivity contribution in [2.45, 2.75) is 69.9 Å². The van der Waals surface area contributed by atoms with E-state index in [0.717, 1.165) is 45.2 Å². The molecule has 2 aliphatic heterocycles. The lowest BCUT2D eigenvalue weighted by atomic mass is 9.89. The fraction of sp³-hybridized carbons (Fsp3) is 0.636. The fourth-order valence-corrected chi connectivity index (χ4v) is 5.47. The van der Waals surface area contributed by atoms with Gasteiger partial charge in [0.2, 0.25) is 11.8 Å². The third kappa shape index (κ3) is 3.15. The lowest BCUT2D eigenvalue weighted by molar-refractivity contribution is -0.138. The molecule has 3 fully saturated rings.